The standard InChI is InChI=1S/C35H66N4O2/c1-3-5-7-9-11-13-15-17-19-21-24-36-26-28-38(32-36)34-40-30-23-31-41-35-39-29-27-37(33-39)25-22-20-18-16-14-12-10-8-6-4-2/h26-29,32-33H,3-25,30-31,34-35H2,1-2H3/q+2. The lowest BCUT2D eigenvalue weighted by atomic mass is 10.1. The van der Waals surface area contributed by atoms with Crippen molar-refractivity contribution < 1.29 is 18.6 Å². The maximum Gasteiger partial charge on any atom is 0.245 e. The summed E-state index contributed by atoms with van der Waals surface area (Å²) in [6.45, 7) is 9.46. The zero-order valence-electron chi connectivity index (χ0n) is 27.2. The van der Waals surface area contributed by atoms with E-state index in [-0.39, 0.29) is 0 Å². The van der Waals surface area contributed by atoms with Gasteiger partial charge in [0, 0.05) is 0 Å². The van der Waals surface area contributed by atoms with E-state index in [9.17, 15) is 0 Å². The quantitative estimate of drug-likeness (QED) is 0.0691. The minimum absolute atomic E-state index is 0.613. The first kappa shape index (κ1) is 35.5. The molecule has 0 radical (unpaired) electrons. The number of rotatable bonds is 30. The highest BCUT2D eigenvalue weighted by Gasteiger charge is 2.05. The topological polar surface area (TPSA) is 36.1 Å². The van der Waals surface area contributed by atoms with Crippen molar-refractivity contribution >= 4 is 0 Å². The van der Waals surface area contributed by atoms with Crippen LogP contribution in [-0.2, 0) is 36.0 Å². The summed E-state index contributed by atoms with van der Waals surface area (Å²) < 4.78 is 20.5. The van der Waals surface area contributed by atoms with Gasteiger partial charge < -0.3 is 9.47 Å². The van der Waals surface area contributed by atoms with Gasteiger partial charge in [0.05, 0.1) is 26.3 Å². The summed E-state index contributed by atoms with van der Waals surface area (Å²) >= 11 is 0. The fourth-order valence-corrected chi connectivity index (χ4v) is 5.46. The third-order valence-electron chi connectivity index (χ3n) is 8.09. The molecule has 6 nitrogen and oxygen atoms in total. The fraction of sp³-hybridized carbons (Fsp3) is 0.829. The van der Waals surface area contributed by atoms with Crippen LogP contribution in [0.5, 0.6) is 0 Å². The predicted molar refractivity (Wildman–Crippen MR) is 169 cm³/mol. The van der Waals surface area contributed by atoms with Crippen LogP contribution in [-0.4, -0.2) is 22.3 Å². The summed E-state index contributed by atoms with van der Waals surface area (Å²) in [4.78, 5) is 0. The molecule has 0 saturated carbocycles. The molecular weight excluding hydrogens is 508 g/mol. The predicted octanol–water partition coefficient (Wildman–Crippen LogP) is 8.74. The Labute approximate surface area is 253 Å². The average molecular weight is 575 g/mol. The Hall–Kier alpha value is -1.66. The maximum absolute atomic E-state index is 5.85. The molecule has 0 aliphatic carbocycles. The molecule has 0 fully saturated rings. The van der Waals surface area contributed by atoms with Crippen LogP contribution in [0, 0.1) is 0 Å². The molecule has 236 valence electrons. The van der Waals surface area contributed by atoms with Crippen molar-refractivity contribution in [2.45, 2.75) is 175 Å². The molecular formula is C35H66N4O2+2. The van der Waals surface area contributed by atoms with Crippen LogP contribution >= 0.6 is 0 Å². The maximum atomic E-state index is 5.85. The van der Waals surface area contributed by atoms with E-state index in [1.807, 2.05) is 0 Å². The van der Waals surface area contributed by atoms with E-state index in [0.29, 0.717) is 13.5 Å². The summed E-state index contributed by atoms with van der Waals surface area (Å²) in [6, 6.07) is 0. The fourth-order valence-electron chi connectivity index (χ4n) is 5.46. The molecule has 2 heterocycles. The van der Waals surface area contributed by atoms with Gasteiger partial charge in [-0.05, 0) is 32.1 Å². The summed E-state index contributed by atoms with van der Waals surface area (Å²) in [6.07, 6.45) is 41.5. The van der Waals surface area contributed by atoms with E-state index in [4.69, 9.17) is 9.47 Å². The lowest BCUT2D eigenvalue weighted by Gasteiger charge is -2.03. The largest absolute Gasteiger partial charge is 0.342 e. The van der Waals surface area contributed by atoms with E-state index < -0.39 is 0 Å². The molecule has 41 heavy (non-hydrogen) atoms. The number of hydrogen-bond donors (Lipinski definition) is 0. The Bertz CT molecular complexity index is 752. The van der Waals surface area contributed by atoms with E-state index in [2.05, 4.69) is 69.6 Å². The van der Waals surface area contributed by atoms with Crippen molar-refractivity contribution in [3.05, 3.63) is 37.4 Å². The zero-order valence-corrected chi connectivity index (χ0v) is 27.2. The van der Waals surface area contributed by atoms with Gasteiger partial charge in [-0.3, -0.25) is 0 Å². The number of aryl methyl sites for hydroxylation is 2. The smallest absolute Gasteiger partial charge is 0.245 e. The van der Waals surface area contributed by atoms with E-state index in [1.165, 1.54) is 128 Å². The normalized spacial score (nSPS) is 11.6. The van der Waals surface area contributed by atoms with Crippen LogP contribution in [0.2, 0.25) is 0 Å². The van der Waals surface area contributed by atoms with Crippen LogP contribution in [0.4, 0.5) is 0 Å². The second-order valence-corrected chi connectivity index (χ2v) is 12.1. The van der Waals surface area contributed by atoms with E-state index >= 15 is 0 Å². The minimum Gasteiger partial charge on any atom is -0.342 e. The third kappa shape index (κ3) is 20.0. The third-order valence-corrected chi connectivity index (χ3v) is 8.09. The number of aromatic nitrogens is 4. The van der Waals surface area contributed by atoms with Crippen molar-refractivity contribution in [1.29, 1.82) is 0 Å². The molecule has 0 N–H and O–H groups in total. The van der Waals surface area contributed by atoms with E-state index in [1.54, 1.807) is 0 Å². The first-order chi connectivity index (χ1) is 20.3. The Morgan fingerprint density at radius 1 is 0.439 bits per heavy atom. The van der Waals surface area contributed by atoms with Crippen molar-refractivity contribution in [3.63, 3.8) is 0 Å². The molecule has 2 aromatic rings. The summed E-state index contributed by atoms with van der Waals surface area (Å²) in [7, 11) is 0. The number of hydrogen-bond acceptors (Lipinski definition) is 2. The average Bonchev–Trinajstić information content (AvgIpc) is 3.64. The molecule has 0 unspecified atom stereocenters. The van der Waals surface area contributed by atoms with Crippen LogP contribution in [0.3, 0.4) is 0 Å². The first-order valence-electron chi connectivity index (χ1n) is 17.6. The molecule has 0 bridgehead atoms. The molecule has 0 spiro atoms. The van der Waals surface area contributed by atoms with Crippen molar-refractivity contribution in [2.75, 3.05) is 13.2 Å². The van der Waals surface area contributed by atoms with Crippen LogP contribution < -0.4 is 9.13 Å². The minimum atomic E-state index is 0.613. The van der Waals surface area contributed by atoms with Crippen LogP contribution in [0.1, 0.15) is 149 Å². The highest BCUT2D eigenvalue weighted by Crippen LogP contribution is 2.12. The number of unbranched alkanes of at least 4 members (excludes halogenated alkanes) is 18. The Kier molecular flexibility index (Phi) is 22.5. The van der Waals surface area contributed by atoms with Crippen molar-refractivity contribution in [2.24, 2.45) is 0 Å². The van der Waals surface area contributed by atoms with Gasteiger partial charge >= 0.3 is 0 Å². The molecule has 0 aromatic carbocycles. The summed E-state index contributed by atoms with van der Waals surface area (Å²) in [5, 5.41) is 0. The van der Waals surface area contributed by atoms with Crippen LogP contribution in [0.15, 0.2) is 37.4 Å². The Morgan fingerprint density at radius 2 is 0.780 bits per heavy atom. The molecule has 2 aromatic heterocycles. The van der Waals surface area contributed by atoms with Crippen molar-refractivity contribution in [1.82, 2.24) is 9.13 Å². The first-order valence-corrected chi connectivity index (χ1v) is 17.6. The number of nitrogens with zero attached hydrogens (tertiary/aromatic N) is 4. The second kappa shape index (κ2) is 26.0. The van der Waals surface area contributed by atoms with Crippen LogP contribution in [0.25, 0.3) is 0 Å². The van der Waals surface area contributed by atoms with Gasteiger partial charge in [0.15, 0.2) is 13.5 Å². The molecule has 6 heteroatoms. The molecule has 0 amide bonds. The molecule has 0 aliphatic heterocycles. The van der Waals surface area contributed by atoms with Gasteiger partial charge in [-0.15, -0.1) is 0 Å². The highest BCUT2D eigenvalue weighted by molar-refractivity contribution is 4.66. The second-order valence-electron chi connectivity index (χ2n) is 12.1. The Morgan fingerprint density at radius 3 is 1.15 bits per heavy atom. The number of imidazole rings is 2. The summed E-state index contributed by atoms with van der Waals surface area (Å²) in [5.74, 6) is 0. The van der Waals surface area contributed by atoms with Gasteiger partial charge in [0.25, 0.3) is 0 Å². The lowest BCUT2D eigenvalue weighted by molar-refractivity contribution is -0.733. The molecule has 0 aliphatic rings. The Balaban J connectivity index is 1.37. The molecule has 0 atom stereocenters. The SMILES string of the molecule is CCCCCCCCCCCCn1cc[n+](COCCCOC[n+]2ccn(CCCCCCCCCCCC)c2)c1. The molecule has 0 saturated heterocycles. The van der Waals surface area contributed by atoms with Gasteiger partial charge in [0.2, 0.25) is 12.7 Å². The summed E-state index contributed by atoms with van der Waals surface area (Å²) in [5.41, 5.74) is 0. The lowest BCUT2D eigenvalue weighted by Crippen LogP contribution is -2.33. The number of ether oxygens (including phenoxy) is 2. The highest BCUT2D eigenvalue weighted by atomic mass is 16.5. The van der Waals surface area contributed by atoms with Gasteiger partial charge in [-0.2, -0.15) is 0 Å². The van der Waals surface area contributed by atoms with E-state index in [0.717, 1.165) is 32.7 Å². The monoisotopic (exact) mass is 575 g/mol. The van der Waals surface area contributed by atoms with Gasteiger partial charge in [0.1, 0.15) is 24.8 Å². The van der Waals surface area contributed by atoms with Crippen molar-refractivity contribution in [3.8, 4) is 0 Å². The van der Waals surface area contributed by atoms with Gasteiger partial charge in [-0.1, -0.05) is 117 Å². The van der Waals surface area contributed by atoms with Gasteiger partial charge in [-0.25, -0.2) is 18.3 Å². The zero-order chi connectivity index (χ0) is 29.1. The molecule has 2 rings (SSSR count).